The largest absolute Gasteiger partial charge is 0.480 e. The topological polar surface area (TPSA) is 69.8 Å². The number of hydrogen-bond donors (Lipinski definition) is 2. The summed E-state index contributed by atoms with van der Waals surface area (Å²) in [6.45, 7) is 4.12. The number of aliphatic carboxylic acids is 1. The van der Waals surface area contributed by atoms with Gasteiger partial charge < -0.3 is 20.6 Å². The second-order valence-corrected chi connectivity index (χ2v) is 5.17. The van der Waals surface area contributed by atoms with Gasteiger partial charge in [-0.05, 0) is 47.0 Å². The molecule has 1 unspecified atom stereocenters. The summed E-state index contributed by atoms with van der Waals surface area (Å²) < 4.78 is 0. The van der Waals surface area contributed by atoms with Crippen molar-refractivity contribution in [1.29, 1.82) is 0 Å². The predicted octanol–water partition coefficient (Wildman–Crippen LogP) is -0.186. The van der Waals surface area contributed by atoms with E-state index in [1.165, 1.54) is 0 Å². The van der Waals surface area contributed by atoms with Crippen LogP contribution in [0.2, 0.25) is 0 Å². The van der Waals surface area contributed by atoms with E-state index in [9.17, 15) is 4.79 Å². The third-order valence-electron chi connectivity index (χ3n) is 3.38. The van der Waals surface area contributed by atoms with Gasteiger partial charge >= 0.3 is 5.97 Å². The number of likely N-dealkylation sites (tertiary alicyclic amines) is 1. The molecular weight excluding hydrogens is 206 g/mol. The molecular formula is C11H23N3O2. The average Bonchev–Trinajstić information content (AvgIpc) is 2.17. The molecule has 1 aliphatic rings. The van der Waals surface area contributed by atoms with E-state index in [4.69, 9.17) is 10.8 Å². The van der Waals surface area contributed by atoms with Crippen molar-refractivity contribution in [2.24, 2.45) is 5.73 Å². The smallest absolute Gasteiger partial charge is 0.324 e. The lowest BCUT2D eigenvalue weighted by Gasteiger charge is -2.37. The molecule has 16 heavy (non-hydrogen) atoms. The van der Waals surface area contributed by atoms with Crippen molar-refractivity contribution in [3.05, 3.63) is 0 Å². The molecule has 0 aromatic heterocycles. The molecule has 5 heteroatoms. The molecule has 1 rings (SSSR count). The minimum atomic E-state index is -1.15. The Balaban J connectivity index is 2.46. The normalized spacial score (nSPS) is 23.3. The summed E-state index contributed by atoms with van der Waals surface area (Å²) >= 11 is 0. The monoisotopic (exact) mass is 229 g/mol. The van der Waals surface area contributed by atoms with Crippen LogP contribution in [0.5, 0.6) is 0 Å². The molecule has 0 aliphatic carbocycles. The summed E-state index contributed by atoms with van der Waals surface area (Å²) in [6, 6.07) is 0.457. The van der Waals surface area contributed by atoms with E-state index < -0.39 is 11.5 Å². The second kappa shape index (κ2) is 5.12. The van der Waals surface area contributed by atoms with Crippen molar-refractivity contribution in [1.82, 2.24) is 9.80 Å². The Morgan fingerprint density at radius 1 is 1.56 bits per heavy atom. The van der Waals surface area contributed by atoms with Crippen molar-refractivity contribution >= 4 is 5.97 Å². The van der Waals surface area contributed by atoms with E-state index in [0.29, 0.717) is 12.6 Å². The van der Waals surface area contributed by atoms with E-state index >= 15 is 0 Å². The van der Waals surface area contributed by atoms with Crippen molar-refractivity contribution < 1.29 is 9.90 Å². The first-order valence-corrected chi connectivity index (χ1v) is 5.74. The number of nitrogens with zero attached hydrogens (tertiary/aromatic N) is 2. The van der Waals surface area contributed by atoms with Gasteiger partial charge in [0, 0.05) is 12.6 Å². The molecule has 0 bridgehead atoms. The van der Waals surface area contributed by atoms with Gasteiger partial charge in [-0.15, -0.1) is 0 Å². The third-order valence-corrected chi connectivity index (χ3v) is 3.38. The first kappa shape index (κ1) is 13.4. The summed E-state index contributed by atoms with van der Waals surface area (Å²) in [5, 5.41) is 8.97. The number of hydrogen-bond acceptors (Lipinski definition) is 4. The quantitative estimate of drug-likeness (QED) is 0.699. The van der Waals surface area contributed by atoms with E-state index in [2.05, 4.69) is 16.8 Å². The average molecular weight is 229 g/mol. The van der Waals surface area contributed by atoms with E-state index in [1.54, 1.807) is 6.92 Å². The highest BCUT2D eigenvalue weighted by molar-refractivity contribution is 5.78. The van der Waals surface area contributed by atoms with Crippen LogP contribution in [0.3, 0.4) is 0 Å². The van der Waals surface area contributed by atoms with Gasteiger partial charge in [0.15, 0.2) is 0 Å². The number of carboxylic acids is 1. The molecule has 94 valence electrons. The Morgan fingerprint density at radius 2 is 2.06 bits per heavy atom. The fourth-order valence-electron chi connectivity index (χ4n) is 2.15. The molecule has 1 heterocycles. The van der Waals surface area contributed by atoms with E-state index in [-0.39, 0.29) is 0 Å². The highest BCUT2D eigenvalue weighted by Crippen LogP contribution is 2.16. The van der Waals surface area contributed by atoms with Crippen LogP contribution in [0.25, 0.3) is 0 Å². The predicted molar refractivity (Wildman–Crippen MR) is 63.4 cm³/mol. The number of rotatable bonds is 4. The molecule has 0 spiro atoms. The SMILES string of the molecule is CN1CCC(N(C)CC(C)(N)C(=O)O)CC1. The van der Waals surface area contributed by atoms with Crippen LogP contribution in [-0.2, 0) is 4.79 Å². The first-order valence-electron chi connectivity index (χ1n) is 5.74. The molecule has 5 nitrogen and oxygen atoms in total. The number of piperidine rings is 1. The van der Waals surface area contributed by atoms with Crippen LogP contribution < -0.4 is 5.73 Å². The lowest BCUT2D eigenvalue weighted by atomic mass is 9.99. The first-order chi connectivity index (χ1) is 7.33. The maximum atomic E-state index is 10.9. The van der Waals surface area contributed by atoms with Gasteiger partial charge in [-0.2, -0.15) is 0 Å². The Morgan fingerprint density at radius 3 is 2.50 bits per heavy atom. The second-order valence-electron chi connectivity index (χ2n) is 5.17. The van der Waals surface area contributed by atoms with Crippen LogP contribution in [0.1, 0.15) is 19.8 Å². The molecule has 3 N–H and O–H groups in total. The van der Waals surface area contributed by atoms with Gasteiger partial charge in [0.2, 0.25) is 0 Å². The van der Waals surface area contributed by atoms with Gasteiger partial charge in [-0.25, -0.2) is 0 Å². The summed E-state index contributed by atoms with van der Waals surface area (Å²) in [5.41, 5.74) is 4.59. The van der Waals surface area contributed by atoms with Crippen molar-refractivity contribution in [2.45, 2.75) is 31.3 Å². The zero-order valence-corrected chi connectivity index (χ0v) is 10.4. The minimum absolute atomic E-state index is 0.400. The van der Waals surface area contributed by atoms with E-state index in [0.717, 1.165) is 25.9 Å². The van der Waals surface area contributed by atoms with Crippen LogP contribution in [0.15, 0.2) is 0 Å². The molecule has 0 aromatic carbocycles. The minimum Gasteiger partial charge on any atom is -0.480 e. The molecule has 0 aromatic rings. The highest BCUT2D eigenvalue weighted by atomic mass is 16.4. The molecule has 1 fully saturated rings. The molecule has 0 amide bonds. The summed E-state index contributed by atoms with van der Waals surface area (Å²) in [6.07, 6.45) is 2.17. The third kappa shape index (κ3) is 3.43. The van der Waals surface area contributed by atoms with Crippen molar-refractivity contribution in [2.75, 3.05) is 33.7 Å². The van der Waals surface area contributed by atoms with Gasteiger partial charge in [-0.3, -0.25) is 4.79 Å². The molecule has 1 saturated heterocycles. The van der Waals surface area contributed by atoms with Gasteiger partial charge in [-0.1, -0.05) is 0 Å². The Labute approximate surface area is 97.2 Å². The number of likely N-dealkylation sites (N-methyl/N-ethyl adjacent to an activating group) is 1. The highest BCUT2D eigenvalue weighted by Gasteiger charge is 2.32. The van der Waals surface area contributed by atoms with Crippen molar-refractivity contribution in [3.63, 3.8) is 0 Å². The maximum Gasteiger partial charge on any atom is 0.324 e. The summed E-state index contributed by atoms with van der Waals surface area (Å²) in [7, 11) is 4.07. The molecule has 1 aliphatic heterocycles. The number of nitrogens with two attached hydrogens (primary N) is 1. The van der Waals surface area contributed by atoms with Gasteiger partial charge in [0.25, 0.3) is 0 Å². The van der Waals surface area contributed by atoms with Crippen LogP contribution in [-0.4, -0.2) is 66.2 Å². The van der Waals surface area contributed by atoms with Gasteiger partial charge in [0.1, 0.15) is 5.54 Å². The Hall–Kier alpha value is -0.650. The van der Waals surface area contributed by atoms with Crippen LogP contribution >= 0.6 is 0 Å². The molecule has 0 saturated carbocycles. The molecule has 1 atom stereocenters. The number of carboxylic acid groups (broad SMARTS) is 1. The lowest BCUT2D eigenvalue weighted by Crippen LogP contribution is -2.56. The summed E-state index contributed by atoms with van der Waals surface area (Å²) in [4.78, 5) is 15.3. The van der Waals surface area contributed by atoms with Crippen LogP contribution in [0, 0.1) is 0 Å². The Kier molecular flexibility index (Phi) is 4.29. The zero-order valence-electron chi connectivity index (χ0n) is 10.4. The zero-order chi connectivity index (χ0) is 12.3. The van der Waals surface area contributed by atoms with E-state index in [1.807, 2.05) is 7.05 Å². The standard InChI is InChI=1S/C11H23N3O2/c1-11(12,10(15)16)8-14(3)9-4-6-13(2)7-5-9/h9H,4-8,12H2,1-3H3,(H,15,16). The van der Waals surface area contributed by atoms with Gasteiger partial charge in [0.05, 0.1) is 0 Å². The fourth-order valence-corrected chi connectivity index (χ4v) is 2.15. The number of carbonyl (C=O) groups is 1. The van der Waals surface area contributed by atoms with Crippen LogP contribution in [0.4, 0.5) is 0 Å². The Bertz CT molecular complexity index is 248. The molecule has 0 radical (unpaired) electrons. The fraction of sp³-hybridized carbons (Fsp3) is 0.909. The maximum absolute atomic E-state index is 10.9. The van der Waals surface area contributed by atoms with Crippen molar-refractivity contribution in [3.8, 4) is 0 Å². The summed E-state index contributed by atoms with van der Waals surface area (Å²) in [5.74, 6) is -0.938. The lowest BCUT2D eigenvalue weighted by molar-refractivity contribution is -0.143.